The van der Waals surface area contributed by atoms with E-state index < -0.39 is 0 Å². The van der Waals surface area contributed by atoms with Gasteiger partial charge in [0.1, 0.15) is 5.75 Å². The van der Waals surface area contributed by atoms with E-state index in [9.17, 15) is 5.11 Å². The molecule has 1 unspecified atom stereocenters. The Morgan fingerprint density at radius 1 is 1.29 bits per heavy atom. The van der Waals surface area contributed by atoms with Crippen molar-refractivity contribution in [3.63, 3.8) is 0 Å². The van der Waals surface area contributed by atoms with Crippen LogP contribution in [0.4, 0.5) is 0 Å². The molecule has 3 nitrogen and oxygen atoms in total. The summed E-state index contributed by atoms with van der Waals surface area (Å²) in [6.07, 6.45) is 0.495. The molecule has 0 aliphatic rings. The lowest BCUT2D eigenvalue weighted by Crippen LogP contribution is -2.25. The fourth-order valence-electron chi connectivity index (χ4n) is 1.14. The number of phenolic OH excluding ortho intramolecular Hbond substituents is 1. The monoisotopic (exact) mass is 195 g/mol. The Morgan fingerprint density at radius 2 is 1.93 bits per heavy atom. The number of aromatic hydroxyl groups is 1. The number of rotatable bonds is 5. The standard InChI is InChI=1S/C11H17NO2/c1-2-10(13)8-12-7-9-3-5-11(14)6-4-9/h3-6,10,12-14H,2,7-8H2,1H3. The molecule has 0 heterocycles. The number of aliphatic hydroxyl groups is 1. The smallest absolute Gasteiger partial charge is 0.115 e. The van der Waals surface area contributed by atoms with Crippen LogP contribution in [0.25, 0.3) is 0 Å². The second-order valence-corrected chi connectivity index (χ2v) is 3.36. The molecule has 0 bridgehead atoms. The van der Waals surface area contributed by atoms with E-state index in [1.165, 1.54) is 0 Å². The highest BCUT2D eigenvalue weighted by atomic mass is 16.3. The van der Waals surface area contributed by atoms with Crippen LogP contribution in [0.5, 0.6) is 5.75 Å². The van der Waals surface area contributed by atoms with E-state index in [0.29, 0.717) is 6.54 Å². The Labute approximate surface area is 84.4 Å². The molecule has 0 aromatic heterocycles. The maximum atomic E-state index is 9.28. The minimum Gasteiger partial charge on any atom is -0.508 e. The topological polar surface area (TPSA) is 52.5 Å². The molecule has 78 valence electrons. The molecule has 0 aliphatic heterocycles. The predicted molar refractivity (Wildman–Crippen MR) is 56.1 cm³/mol. The van der Waals surface area contributed by atoms with Crippen LogP contribution in [-0.4, -0.2) is 22.9 Å². The Bertz CT molecular complexity index is 258. The fourth-order valence-corrected chi connectivity index (χ4v) is 1.14. The molecule has 0 spiro atoms. The third-order valence-electron chi connectivity index (χ3n) is 2.12. The third-order valence-corrected chi connectivity index (χ3v) is 2.12. The van der Waals surface area contributed by atoms with Crippen molar-refractivity contribution in [1.29, 1.82) is 0 Å². The zero-order valence-corrected chi connectivity index (χ0v) is 8.40. The fraction of sp³-hybridized carbons (Fsp3) is 0.455. The molecule has 0 amide bonds. The summed E-state index contributed by atoms with van der Waals surface area (Å²) in [4.78, 5) is 0. The zero-order chi connectivity index (χ0) is 10.4. The van der Waals surface area contributed by atoms with Gasteiger partial charge in [0.25, 0.3) is 0 Å². The second-order valence-electron chi connectivity index (χ2n) is 3.36. The normalized spacial score (nSPS) is 12.7. The van der Waals surface area contributed by atoms with Gasteiger partial charge in [-0.3, -0.25) is 0 Å². The average molecular weight is 195 g/mol. The summed E-state index contributed by atoms with van der Waals surface area (Å²) in [6.45, 7) is 3.28. The number of benzene rings is 1. The lowest BCUT2D eigenvalue weighted by molar-refractivity contribution is 0.167. The quantitative estimate of drug-likeness (QED) is 0.663. The van der Waals surface area contributed by atoms with Gasteiger partial charge in [-0.15, -0.1) is 0 Å². The first kappa shape index (κ1) is 11.0. The van der Waals surface area contributed by atoms with Crippen molar-refractivity contribution in [3.8, 4) is 5.75 Å². The molecule has 0 radical (unpaired) electrons. The van der Waals surface area contributed by atoms with Crippen molar-refractivity contribution in [2.75, 3.05) is 6.54 Å². The van der Waals surface area contributed by atoms with Crippen LogP contribution in [0.3, 0.4) is 0 Å². The number of phenols is 1. The van der Waals surface area contributed by atoms with Gasteiger partial charge in [-0.25, -0.2) is 0 Å². The lowest BCUT2D eigenvalue weighted by Gasteiger charge is -2.09. The minimum absolute atomic E-state index is 0.271. The highest BCUT2D eigenvalue weighted by molar-refractivity contribution is 5.25. The molecule has 0 saturated heterocycles. The van der Waals surface area contributed by atoms with E-state index in [1.54, 1.807) is 12.1 Å². The molecule has 0 fully saturated rings. The molecule has 3 N–H and O–H groups in total. The van der Waals surface area contributed by atoms with Crippen molar-refractivity contribution in [2.45, 2.75) is 26.0 Å². The average Bonchev–Trinajstić information content (AvgIpc) is 2.21. The Balaban J connectivity index is 2.28. The van der Waals surface area contributed by atoms with Gasteiger partial charge in [0, 0.05) is 13.1 Å². The molecule has 0 aliphatic carbocycles. The summed E-state index contributed by atoms with van der Waals surface area (Å²) in [5.74, 6) is 0.280. The Kier molecular flexibility index (Phi) is 4.43. The van der Waals surface area contributed by atoms with Crippen molar-refractivity contribution >= 4 is 0 Å². The van der Waals surface area contributed by atoms with Crippen molar-refractivity contribution in [1.82, 2.24) is 5.32 Å². The molecule has 3 heteroatoms. The molecule has 1 rings (SSSR count). The molecular formula is C11H17NO2. The van der Waals surface area contributed by atoms with E-state index in [1.807, 2.05) is 19.1 Å². The van der Waals surface area contributed by atoms with Crippen LogP contribution in [0.1, 0.15) is 18.9 Å². The van der Waals surface area contributed by atoms with Gasteiger partial charge in [0.15, 0.2) is 0 Å². The van der Waals surface area contributed by atoms with Gasteiger partial charge in [-0.2, -0.15) is 0 Å². The molecule has 0 saturated carbocycles. The summed E-state index contributed by atoms with van der Waals surface area (Å²) in [6, 6.07) is 7.04. The lowest BCUT2D eigenvalue weighted by atomic mass is 10.2. The second kappa shape index (κ2) is 5.62. The van der Waals surface area contributed by atoms with E-state index in [-0.39, 0.29) is 11.9 Å². The summed E-state index contributed by atoms with van der Waals surface area (Å²) < 4.78 is 0. The number of hydrogen-bond acceptors (Lipinski definition) is 3. The maximum Gasteiger partial charge on any atom is 0.115 e. The zero-order valence-electron chi connectivity index (χ0n) is 8.40. The van der Waals surface area contributed by atoms with Crippen molar-refractivity contribution < 1.29 is 10.2 Å². The summed E-state index contributed by atoms with van der Waals surface area (Å²) >= 11 is 0. The van der Waals surface area contributed by atoms with Crippen LogP contribution >= 0.6 is 0 Å². The molecule has 1 aromatic carbocycles. The summed E-state index contributed by atoms with van der Waals surface area (Å²) in [7, 11) is 0. The van der Waals surface area contributed by atoms with Gasteiger partial charge >= 0.3 is 0 Å². The van der Waals surface area contributed by atoms with Gasteiger partial charge < -0.3 is 15.5 Å². The van der Waals surface area contributed by atoms with Crippen LogP contribution in [-0.2, 0) is 6.54 Å². The largest absolute Gasteiger partial charge is 0.508 e. The molecule has 1 aromatic rings. The minimum atomic E-state index is -0.271. The SMILES string of the molecule is CCC(O)CNCc1ccc(O)cc1. The van der Waals surface area contributed by atoms with Crippen LogP contribution in [0, 0.1) is 0 Å². The Morgan fingerprint density at radius 3 is 2.50 bits per heavy atom. The third kappa shape index (κ3) is 3.77. The molecule has 14 heavy (non-hydrogen) atoms. The number of hydrogen-bond donors (Lipinski definition) is 3. The van der Waals surface area contributed by atoms with E-state index >= 15 is 0 Å². The number of nitrogens with one attached hydrogen (secondary N) is 1. The van der Waals surface area contributed by atoms with Crippen molar-refractivity contribution in [2.24, 2.45) is 0 Å². The highest BCUT2D eigenvalue weighted by Crippen LogP contribution is 2.08. The van der Waals surface area contributed by atoms with E-state index in [0.717, 1.165) is 18.5 Å². The summed E-state index contributed by atoms with van der Waals surface area (Å²) in [5, 5.41) is 21.5. The molecule has 1 atom stereocenters. The first-order valence-corrected chi connectivity index (χ1v) is 4.89. The highest BCUT2D eigenvalue weighted by Gasteiger charge is 1.99. The van der Waals surface area contributed by atoms with Crippen LogP contribution in [0.2, 0.25) is 0 Å². The van der Waals surface area contributed by atoms with Gasteiger partial charge in [-0.1, -0.05) is 19.1 Å². The van der Waals surface area contributed by atoms with Gasteiger partial charge in [0.05, 0.1) is 6.10 Å². The predicted octanol–water partition coefficient (Wildman–Crippen LogP) is 1.25. The number of aliphatic hydroxyl groups excluding tert-OH is 1. The van der Waals surface area contributed by atoms with E-state index in [4.69, 9.17) is 5.11 Å². The molecular weight excluding hydrogens is 178 g/mol. The first-order chi connectivity index (χ1) is 6.72. The first-order valence-electron chi connectivity index (χ1n) is 4.89. The summed E-state index contributed by atoms with van der Waals surface area (Å²) in [5.41, 5.74) is 1.10. The van der Waals surface area contributed by atoms with Gasteiger partial charge in [0.2, 0.25) is 0 Å². The van der Waals surface area contributed by atoms with Crippen molar-refractivity contribution in [3.05, 3.63) is 29.8 Å². The maximum absolute atomic E-state index is 9.28. The van der Waals surface area contributed by atoms with Crippen LogP contribution in [0.15, 0.2) is 24.3 Å². The van der Waals surface area contributed by atoms with E-state index in [2.05, 4.69) is 5.32 Å². The Hall–Kier alpha value is -1.06. The van der Waals surface area contributed by atoms with Crippen LogP contribution < -0.4 is 5.32 Å². The van der Waals surface area contributed by atoms with Gasteiger partial charge in [-0.05, 0) is 24.1 Å².